The molecule has 0 aliphatic rings. The van der Waals surface area contributed by atoms with Crippen molar-refractivity contribution in [3.8, 4) is 0 Å². The van der Waals surface area contributed by atoms with Gasteiger partial charge in [-0.2, -0.15) is 0 Å². The number of thiazole rings is 1. The Bertz CT molecular complexity index is 938. The van der Waals surface area contributed by atoms with E-state index in [2.05, 4.69) is 31.5 Å². The van der Waals surface area contributed by atoms with Gasteiger partial charge in [0.1, 0.15) is 0 Å². The minimum atomic E-state index is -0.0762. The normalized spacial score (nSPS) is 10.7. The lowest BCUT2D eigenvalue weighted by atomic mass is 10.1. The monoisotopic (exact) mass is 431 g/mol. The van der Waals surface area contributed by atoms with E-state index in [-0.39, 0.29) is 18.2 Å². The smallest absolute Gasteiger partial charge is 0.228 e. The maximum atomic E-state index is 12.2. The summed E-state index contributed by atoms with van der Waals surface area (Å²) in [5, 5.41) is 6.29. The van der Waals surface area contributed by atoms with Gasteiger partial charge in [0.15, 0.2) is 5.13 Å². The minimum absolute atomic E-state index is 0.0272. The molecule has 0 spiro atoms. The summed E-state index contributed by atoms with van der Waals surface area (Å²) >= 11 is 4.79. The number of nitrogens with one attached hydrogen (secondary N) is 2. The molecule has 0 radical (unpaired) electrons. The zero-order valence-corrected chi connectivity index (χ0v) is 16.6. The van der Waals surface area contributed by atoms with Gasteiger partial charge >= 0.3 is 0 Å². The lowest BCUT2D eigenvalue weighted by Gasteiger charge is -2.05. The van der Waals surface area contributed by atoms with Crippen molar-refractivity contribution in [2.24, 2.45) is 0 Å². The number of nitrogens with zero attached hydrogens (tertiary/aromatic N) is 1. The molecule has 1 heterocycles. The Kier molecular flexibility index (Phi) is 6.00. The van der Waals surface area contributed by atoms with Crippen LogP contribution in [-0.2, 0) is 16.0 Å². The van der Waals surface area contributed by atoms with Gasteiger partial charge in [-0.15, -0.1) is 0 Å². The first-order valence-electron chi connectivity index (χ1n) is 8.28. The second-order valence-electron chi connectivity index (χ2n) is 5.85. The van der Waals surface area contributed by atoms with E-state index in [1.807, 2.05) is 49.4 Å². The van der Waals surface area contributed by atoms with Gasteiger partial charge in [0.25, 0.3) is 0 Å². The van der Waals surface area contributed by atoms with Gasteiger partial charge in [-0.1, -0.05) is 40.3 Å². The Morgan fingerprint density at radius 3 is 2.58 bits per heavy atom. The van der Waals surface area contributed by atoms with Crippen LogP contribution in [0.5, 0.6) is 0 Å². The van der Waals surface area contributed by atoms with Crippen LogP contribution < -0.4 is 10.6 Å². The topological polar surface area (TPSA) is 71.1 Å². The molecule has 0 bridgehead atoms. The van der Waals surface area contributed by atoms with E-state index in [0.29, 0.717) is 11.6 Å². The summed E-state index contributed by atoms with van der Waals surface area (Å²) in [6.07, 6.45) is 1.56. The average molecular weight is 432 g/mol. The van der Waals surface area contributed by atoms with Crippen molar-refractivity contribution in [2.75, 3.05) is 10.6 Å². The van der Waals surface area contributed by atoms with Gasteiger partial charge in [-0.25, -0.2) is 4.98 Å². The van der Waals surface area contributed by atoms with Crippen LogP contribution in [0.1, 0.15) is 25.3 Å². The zero-order chi connectivity index (χ0) is 18.5. The number of benzene rings is 2. The fourth-order valence-corrected chi connectivity index (χ4v) is 3.68. The van der Waals surface area contributed by atoms with E-state index in [1.165, 1.54) is 11.3 Å². The number of aromatic nitrogens is 1. The standard InChI is InChI=1S/C19H18BrN3O2S/c1-2-3-17(24)23-19-22-15-9-4-12(10-16(15)26-19)11-18(25)21-14-7-5-13(20)6-8-14/h4-10H,2-3,11H2,1H3,(H,21,25)(H,22,23,24). The van der Waals surface area contributed by atoms with Gasteiger partial charge in [0.2, 0.25) is 11.8 Å². The predicted octanol–water partition coefficient (Wildman–Crippen LogP) is 4.98. The second kappa shape index (κ2) is 8.42. The van der Waals surface area contributed by atoms with E-state index in [0.717, 1.165) is 32.4 Å². The molecular weight excluding hydrogens is 414 g/mol. The fraction of sp³-hybridized carbons (Fsp3) is 0.211. The first-order valence-corrected chi connectivity index (χ1v) is 9.89. The number of hydrogen-bond donors (Lipinski definition) is 2. The van der Waals surface area contributed by atoms with Crippen molar-refractivity contribution in [1.82, 2.24) is 4.98 Å². The zero-order valence-electron chi connectivity index (χ0n) is 14.2. The van der Waals surface area contributed by atoms with E-state index in [9.17, 15) is 9.59 Å². The molecule has 0 atom stereocenters. The Morgan fingerprint density at radius 1 is 1.08 bits per heavy atom. The number of amides is 2. The van der Waals surface area contributed by atoms with Crippen LogP contribution in [-0.4, -0.2) is 16.8 Å². The molecule has 134 valence electrons. The third-order valence-electron chi connectivity index (χ3n) is 3.67. The highest BCUT2D eigenvalue weighted by atomic mass is 79.9. The maximum Gasteiger partial charge on any atom is 0.228 e. The summed E-state index contributed by atoms with van der Waals surface area (Å²) in [5.41, 5.74) is 2.49. The highest BCUT2D eigenvalue weighted by molar-refractivity contribution is 9.10. The molecule has 0 fully saturated rings. The average Bonchev–Trinajstić information content (AvgIpc) is 2.98. The Labute approximate surface area is 164 Å². The number of fused-ring (bicyclic) bond motifs is 1. The van der Waals surface area contributed by atoms with Crippen molar-refractivity contribution < 1.29 is 9.59 Å². The Morgan fingerprint density at radius 2 is 1.85 bits per heavy atom. The summed E-state index contributed by atoms with van der Waals surface area (Å²) in [7, 11) is 0. The molecule has 3 rings (SSSR count). The van der Waals surface area contributed by atoms with Crippen LogP contribution in [0, 0.1) is 0 Å². The predicted molar refractivity (Wildman–Crippen MR) is 110 cm³/mol. The molecule has 0 aliphatic carbocycles. The molecule has 7 heteroatoms. The molecule has 0 unspecified atom stereocenters. The van der Waals surface area contributed by atoms with Crippen molar-refractivity contribution in [2.45, 2.75) is 26.2 Å². The number of carbonyl (C=O) groups is 2. The highest BCUT2D eigenvalue weighted by Gasteiger charge is 2.10. The van der Waals surface area contributed by atoms with Crippen LogP contribution in [0.15, 0.2) is 46.9 Å². The van der Waals surface area contributed by atoms with Crippen molar-refractivity contribution in [3.05, 3.63) is 52.5 Å². The SMILES string of the molecule is CCCC(=O)Nc1nc2ccc(CC(=O)Nc3ccc(Br)cc3)cc2s1. The summed E-state index contributed by atoms with van der Waals surface area (Å²) in [4.78, 5) is 28.3. The molecule has 1 aromatic heterocycles. The lowest BCUT2D eigenvalue weighted by molar-refractivity contribution is -0.116. The number of anilines is 2. The third kappa shape index (κ3) is 4.89. The molecule has 2 aromatic carbocycles. The largest absolute Gasteiger partial charge is 0.326 e. The first kappa shape index (κ1) is 18.5. The molecule has 0 saturated heterocycles. The number of halogens is 1. The Balaban J connectivity index is 1.67. The van der Waals surface area contributed by atoms with Crippen LogP contribution in [0.25, 0.3) is 10.2 Å². The van der Waals surface area contributed by atoms with Crippen molar-refractivity contribution >= 4 is 60.1 Å². The number of carbonyl (C=O) groups excluding carboxylic acids is 2. The fourth-order valence-electron chi connectivity index (χ4n) is 2.47. The molecule has 2 amide bonds. The van der Waals surface area contributed by atoms with E-state index in [1.54, 1.807) is 0 Å². The number of rotatable bonds is 6. The molecule has 0 saturated carbocycles. The van der Waals surface area contributed by atoms with Crippen LogP contribution >= 0.6 is 27.3 Å². The third-order valence-corrected chi connectivity index (χ3v) is 5.13. The maximum absolute atomic E-state index is 12.2. The van der Waals surface area contributed by atoms with Crippen LogP contribution in [0.4, 0.5) is 10.8 Å². The van der Waals surface area contributed by atoms with Crippen molar-refractivity contribution in [1.29, 1.82) is 0 Å². The minimum Gasteiger partial charge on any atom is -0.326 e. The van der Waals surface area contributed by atoms with Gasteiger partial charge in [0.05, 0.1) is 16.6 Å². The van der Waals surface area contributed by atoms with Gasteiger partial charge in [-0.3, -0.25) is 9.59 Å². The first-order chi connectivity index (χ1) is 12.5. The Hall–Kier alpha value is -2.25. The van der Waals surface area contributed by atoms with E-state index in [4.69, 9.17) is 0 Å². The van der Waals surface area contributed by atoms with Crippen LogP contribution in [0.2, 0.25) is 0 Å². The second-order valence-corrected chi connectivity index (χ2v) is 7.80. The van der Waals surface area contributed by atoms with Gasteiger partial charge < -0.3 is 10.6 Å². The highest BCUT2D eigenvalue weighted by Crippen LogP contribution is 2.27. The summed E-state index contributed by atoms with van der Waals surface area (Å²) < 4.78 is 1.92. The van der Waals surface area contributed by atoms with Crippen LogP contribution in [0.3, 0.4) is 0 Å². The quantitative estimate of drug-likeness (QED) is 0.577. The molecule has 5 nitrogen and oxygen atoms in total. The van der Waals surface area contributed by atoms with E-state index < -0.39 is 0 Å². The van der Waals surface area contributed by atoms with E-state index >= 15 is 0 Å². The molecule has 0 aliphatic heterocycles. The van der Waals surface area contributed by atoms with Gasteiger partial charge in [0, 0.05) is 16.6 Å². The summed E-state index contributed by atoms with van der Waals surface area (Å²) in [6, 6.07) is 13.2. The summed E-state index contributed by atoms with van der Waals surface area (Å²) in [6.45, 7) is 1.96. The number of hydrogen-bond acceptors (Lipinski definition) is 4. The van der Waals surface area contributed by atoms with Crippen molar-refractivity contribution in [3.63, 3.8) is 0 Å². The molecule has 26 heavy (non-hydrogen) atoms. The summed E-state index contributed by atoms with van der Waals surface area (Å²) in [5.74, 6) is -0.103. The molecular formula is C19H18BrN3O2S. The lowest BCUT2D eigenvalue weighted by Crippen LogP contribution is -2.14. The molecule has 3 aromatic rings. The van der Waals surface area contributed by atoms with Gasteiger partial charge in [-0.05, 0) is 48.4 Å². The molecule has 2 N–H and O–H groups in total.